The van der Waals surface area contributed by atoms with Crippen molar-refractivity contribution in [2.24, 2.45) is 0 Å². The molecule has 0 N–H and O–H groups in total. The molecule has 0 bridgehead atoms. The highest BCUT2D eigenvalue weighted by Gasteiger charge is 2.35. The Morgan fingerprint density at radius 1 is 1.50 bits per heavy atom. The molecule has 1 aromatic heterocycles. The highest BCUT2D eigenvalue weighted by atomic mass is 32.2. The predicted molar refractivity (Wildman–Crippen MR) is 67.9 cm³/mol. The van der Waals surface area contributed by atoms with Gasteiger partial charge in [0.1, 0.15) is 0 Å². The molecule has 1 unspecified atom stereocenters. The molecule has 1 saturated heterocycles. The van der Waals surface area contributed by atoms with Crippen molar-refractivity contribution in [2.45, 2.75) is 19.4 Å². The molecule has 0 spiro atoms. The number of carbonyl (C=O) groups excluding carboxylic acids is 1. The van der Waals surface area contributed by atoms with E-state index in [2.05, 4.69) is 4.98 Å². The second-order valence-electron chi connectivity index (χ2n) is 4.61. The molecule has 0 aromatic carbocycles. The standard InChI is InChI=1S/C12H14F2N2O3S/c1-2-16(8-4-6-20(18,19)7-8)12(17)9-3-5-15-11(14)10(9)13/h3,5,8H,2,4,6-7H2,1H3. The molecule has 0 aliphatic carbocycles. The summed E-state index contributed by atoms with van der Waals surface area (Å²) in [5.74, 6) is -3.49. The van der Waals surface area contributed by atoms with Gasteiger partial charge in [0.2, 0.25) is 5.95 Å². The van der Waals surface area contributed by atoms with Gasteiger partial charge in [0.15, 0.2) is 15.7 Å². The third-order valence-corrected chi connectivity index (χ3v) is 5.08. The van der Waals surface area contributed by atoms with E-state index in [1.807, 2.05) is 0 Å². The Hall–Kier alpha value is -1.57. The minimum Gasteiger partial charge on any atom is -0.335 e. The van der Waals surface area contributed by atoms with Crippen LogP contribution in [0.3, 0.4) is 0 Å². The van der Waals surface area contributed by atoms with Gasteiger partial charge >= 0.3 is 0 Å². The number of amides is 1. The van der Waals surface area contributed by atoms with Gasteiger partial charge in [-0.15, -0.1) is 0 Å². The molecule has 110 valence electrons. The lowest BCUT2D eigenvalue weighted by molar-refractivity contribution is 0.0702. The second kappa shape index (κ2) is 5.43. The highest BCUT2D eigenvalue weighted by Crippen LogP contribution is 2.21. The Balaban J connectivity index is 2.28. The fourth-order valence-electron chi connectivity index (χ4n) is 2.33. The van der Waals surface area contributed by atoms with E-state index in [1.165, 1.54) is 4.90 Å². The summed E-state index contributed by atoms with van der Waals surface area (Å²) in [5, 5.41) is 0. The van der Waals surface area contributed by atoms with E-state index < -0.39 is 39.1 Å². The zero-order valence-corrected chi connectivity index (χ0v) is 11.7. The Kier molecular flexibility index (Phi) is 4.03. The van der Waals surface area contributed by atoms with E-state index in [0.29, 0.717) is 6.42 Å². The molecule has 1 aliphatic rings. The van der Waals surface area contributed by atoms with Crippen LogP contribution in [0.15, 0.2) is 12.3 Å². The molecule has 0 radical (unpaired) electrons. The topological polar surface area (TPSA) is 67.3 Å². The van der Waals surface area contributed by atoms with Crippen LogP contribution in [0.2, 0.25) is 0 Å². The molecule has 8 heteroatoms. The third kappa shape index (κ3) is 2.79. The monoisotopic (exact) mass is 304 g/mol. The molecule has 1 amide bonds. The Bertz CT molecular complexity index is 634. The van der Waals surface area contributed by atoms with Gasteiger partial charge in [-0.3, -0.25) is 4.79 Å². The number of sulfone groups is 1. The number of halogens is 2. The van der Waals surface area contributed by atoms with E-state index in [0.717, 1.165) is 12.3 Å². The molecule has 2 heterocycles. The van der Waals surface area contributed by atoms with E-state index in [4.69, 9.17) is 0 Å². The summed E-state index contributed by atoms with van der Waals surface area (Å²) in [5.41, 5.74) is -0.427. The van der Waals surface area contributed by atoms with Crippen molar-refractivity contribution in [3.05, 3.63) is 29.6 Å². The number of hydrogen-bond acceptors (Lipinski definition) is 4. The molecule has 2 rings (SSSR count). The van der Waals surface area contributed by atoms with Crippen molar-refractivity contribution in [2.75, 3.05) is 18.1 Å². The lowest BCUT2D eigenvalue weighted by Crippen LogP contribution is -2.41. The number of rotatable bonds is 3. The molecular formula is C12H14F2N2O3S. The molecule has 0 saturated carbocycles. The first-order chi connectivity index (χ1) is 9.35. The molecule has 20 heavy (non-hydrogen) atoms. The van der Waals surface area contributed by atoms with E-state index in [1.54, 1.807) is 6.92 Å². The van der Waals surface area contributed by atoms with Crippen molar-refractivity contribution in [1.29, 1.82) is 0 Å². The lowest BCUT2D eigenvalue weighted by Gasteiger charge is -2.27. The number of hydrogen-bond donors (Lipinski definition) is 0. The van der Waals surface area contributed by atoms with Gasteiger partial charge in [0, 0.05) is 18.8 Å². The smallest absolute Gasteiger partial charge is 0.257 e. The fourth-order valence-corrected chi connectivity index (χ4v) is 4.06. The molecule has 1 aromatic rings. The van der Waals surface area contributed by atoms with E-state index in [9.17, 15) is 22.0 Å². The van der Waals surface area contributed by atoms with Gasteiger partial charge in [-0.05, 0) is 19.4 Å². The van der Waals surface area contributed by atoms with Gasteiger partial charge in [0.25, 0.3) is 5.91 Å². The van der Waals surface area contributed by atoms with Crippen LogP contribution in [0, 0.1) is 11.8 Å². The first-order valence-corrected chi connectivity index (χ1v) is 7.99. The summed E-state index contributed by atoms with van der Waals surface area (Å²) >= 11 is 0. The second-order valence-corrected chi connectivity index (χ2v) is 6.84. The number of aromatic nitrogens is 1. The summed E-state index contributed by atoms with van der Waals surface area (Å²) in [7, 11) is -3.16. The maximum absolute atomic E-state index is 13.6. The van der Waals surface area contributed by atoms with Crippen LogP contribution >= 0.6 is 0 Å². The molecule has 1 fully saturated rings. The van der Waals surface area contributed by atoms with Gasteiger partial charge in [-0.2, -0.15) is 4.39 Å². The summed E-state index contributed by atoms with van der Waals surface area (Å²) in [4.78, 5) is 16.6. The zero-order chi connectivity index (χ0) is 14.9. The average Bonchev–Trinajstić information content (AvgIpc) is 2.74. The minimum atomic E-state index is -3.16. The molecular weight excluding hydrogens is 290 g/mol. The van der Waals surface area contributed by atoms with Gasteiger partial charge < -0.3 is 4.90 Å². The van der Waals surface area contributed by atoms with Gasteiger partial charge in [-0.1, -0.05) is 0 Å². The fraction of sp³-hybridized carbons (Fsp3) is 0.500. The quantitative estimate of drug-likeness (QED) is 0.782. The lowest BCUT2D eigenvalue weighted by atomic mass is 10.1. The van der Waals surface area contributed by atoms with Crippen LogP contribution < -0.4 is 0 Å². The van der Waals surface area contributed by atoms with Crippen LogP contribution in [0.25, 0.3) is 0 Å². The van der Waals surface area contributed by atoms with Gasteiger partial charge in [-0.25, -0.2) is 17.8 Å². The Morgan fingerprint density at radius 3 is 2.75 bits per heavy atom. The normalized spacial score (nSPS) is 20.9. The minimum absolute atomic E-state index is 0.00857. The maximum Gasteiger partial charge on any atom is 0.257 e. The van der Waals surface area contributed by atoms with E-state index >= 15 is 0 Å². The summed E-state index contributed by atoms with van der Waals surface area (Å²) in [6, 6.07) is 0.598. The predicted octanol–water partition coefficient (Wildman–Crippen LogP) is 1.01. The third-order valence-electron chi connectivity index (χ3n) is 3.33. The SMILES string of the molecule is CCN(C(=O)c1ccnc(F)c1F)C1CCS(=O)(=O)C1. The Labute approximate surface area is 115 Å². The largest absolute Gasteiger partial charge is 0.335 e. The first-order valence-electron chi connectivity index (χ1n) is 6.17. The van der Waals surface area contributed by atoms with Crippen LogP contribution in [-0.2, 0) is 9.84 Å². The molecule has 5 nitrogen and oxygen atoms in total. The van der Waals surface area contributed by atoms with Crippen molar-refractivity contribution >= 4 is 15.7 Å². The van der Waals surface area contributed by atoms with E-state index in [-0.39, 0.29) is 18.1 Å². The first kappa shape index (κ1) is 14.8. The van der Waals surface area contributed by atoms with Crippen LogP contribution in [0.1, 0.15) is 23.7 Å². The maximum atomic E-state index is 13.6. The summed E-state index contributed by atoms with van der Waals surface area (Å²) in [6.45, 7) is 1.89. The number of nitrogens with zero attached hydrogens (tertiary/aromatic N) is 2. The zero-order valence-electron chi connectivity index (χ0n) is 10.8. The highest BCUT2D eigenvalue weighted by molar-refractivity contribution is 7.91. The van der Waals surface area contributed by atoms with Crippen molar-refractivity contribution in [1.82, 2.24) is 9.88 Å². The molecule has 1 aliphatic heterocycles. The van der Waals surface area contributed by atoms with Gasteiger partial charge in [0.05, 0.1) is 17.1 Å². The van der Waals surface area contributed by atoms with Crippen LogP contribution in [0.5, 0.6) is 0 Å². The van der Waals surface area contributed by atoms with Crippen molar-refractivity contribution < 1.29 is 22.0 Å². The summed E-state index contributed by atoms with van der Waals surface area (Å²) in [6.07, 6.45) is 1.32. The number of carbonyl (C=O) groups is 1. The summed E-state index contributed by atoms with van der Waals surface area (Å²) < 4.78 is 49.6. The number of pyridine rings is 1. The average molecular weight is 304 g/mol. The molecule has 1 atom stereocenters. The Morgan fingerprint density at radius 2 is 2.20 bits per heavy atom. The van der Waals surface area contributed by atoms with Crippen molar-refractivity contribution in [3.63, 3.8) is 0 Å². The van der Waals surface area contributed by atoms with Crippen LogP contribution in [0.4, 0.5) is 8.78 Å². The van der Waals surface area contributed by atoms with Crippen molar-refractivity contribution in [3.8, 4) is 0 Å². The van der Waals surface area contributed by atoms with Crippen LogP contribution in [-0.4, -0.2) is 48.3 Å².